The average molecular weight is 169 g/mol. The van der Waals surface area contributed by atoms with E-state index in [9.17, 15) is 0 Å². The summed E-state index contributed by atoms with van der Waals surface area (Å²) < 4.78 is 0. The summed E-state index contributed by atoms with van der Waals surface area (Å²) >= 11 is 0. The lowest BCUT2D eigenvalue weighted by Crippen LogP contribution is -1.96. The molecule has 1 aliphatic heterocycles. The van der Waals surface area contributed by atoms with Crippen LogP contribution in [0.2, 0.25) is 0 Å². The van der Waals surface area contributed by atoms with Crippen molar-refractivity contribution in [2.45, 2.75) is 0 Å². The van der Waals surface area contributed by atoms with Gasteiger partial charge in [0, 0.05) is 6.21 Å². The molecule has 0 atom stereocenters. The molecule has 64 valence electrons. The molecular formula is C12H11N. The van der Waals surface area contributed by atoms with Gasteiger partial charge in [-0.2, -0.15) is 0 Å². The van der Waals surface area contributed by atoms with Crippen LogP contribution in [0, 0.1) is 0 Å². The van der Waals surface area contributed by atoms with Crippen molar-refractivity contribution in [3.8, 4) is 0 Å². The van der Waals surface area contributed by atoms with Gasteiger partial charge in [0.2, 0.25) is 0 Å². The molecule has 0 aliphatic carbocycles. The second kappa shape index (κ2) is 3.40. The minimum atomic E-state index is 0.732. The van der Waals surface area contributed by atoms with E-state index in [-0.39, 0.29) is 0 Å². The van der Waals surface area contributed by atoms with E-state index in [1.165, 1.54) is 5.56 Å². The van der Waals surface area contributed by atoms with Gasteiger partial charge in [0.25, 0.3) is 0 Å². The smallest absolute Gasteiger partial charge is 0.0634 e. The summed E-state index contributed by atoms with van der Waals surface area (Å²) in [4.78, 5) is 4.22. The Morgan fingerprint density at radius 3 is 2.62 bits per heavy atom. The molecule has 0 N–H and O–H groups in total. The Morgan fingerprint density at radius 1 is 1.15 bits per heavy atom. The van der Waals surface area contributed by atoms with Crippen LogP contribution >= 0.6 is 0 Å². The highest BCUT2D eigenvalue weighted by molar-refractivity contribution is 6.11. The summed E-state index contributed by atoms with van der Waals surface area (Å²) in [7, 11) is 0. The molecule has 2 rings (SSSR count). The van der Waals surface area contributed by atoms with Crippen LogP contribution in [0.3, 0.4) is 0 Å². The normalized spacial score (nSPS) is 15.7. The van der Waals surface area contributed by atoms with Crippen LogP contribution in [0.15, 0.2) is 53.6 Å². The fourth-order valence-electron chi connectivity index (χ4n) is 1.35. The Balaban J connectivity index is 2.37. The van der Waals surface area contributed by atoms with E-state index in [2.05, 4.69) is 29.8 Å². The maximum absolute atomic E-state index is 4.22. The average Bonchev–Trinajstić information content (AvgIpc) is 2.19. The molecule has 0 saturated heterocycles. The van der Waals surface area contributed by atoms with E-state index in [0.29, 0.717) is 0 Å². The molecule has 1 heteroatoms. The predicted molar refractivity (Wildman–Crippen MR) is 56.9 cm³/mol. The number of benzene rings is 1. The van der Waals surface area contributed by atoms with Crippen LogP contribution in [0.1, 0.15) is 5.56 Å². The summed E-state index contributed by atoms with van der Waals surface area (Å²) in [5.74, 6) is 0. The molecule has 13 heavy (non-hydrogen) atoms. The molecule has 0 fully saturated rings. The quantitative estimate of drug-likeness (QED) is 0.613. The molecule has 1 aliphatic rings. The molecule has 0 aromatic heterocycles. The number of dihydropyridines is 1. The van der Waals surface area contributed by atoms with Gasteiger partial charge in [0.05, 0.1) is 6.54 Å². The van der Waals surface area contributed by atoms with Crippen molar-refractivity contribution < 1.29 is 0 Å². The molecular weight excluding hydrogens is 158 g/mol. The van der Waals surface area contributed by atoms with Crippen molar-refractivity contribution >= 4 is 11.8 Å². The molecule has 1 nitrogen and oxygen atoms in total. The van der Waals surface area contributed by atoms with Crippen molar-refractivity contribution in [1.29, 1.82) is 0 Å². The molecule has 1 aromatic rings. The molecule has 0 unspecified atom stereocenters. The van der Waals surface area contributed by atoms with Crippen LogP contribution in [0.4, 0.5) is 0 Å². The molecule has 0 spiro atoms. The third-order valence-electron chi connectivity index (χ3n) is 1.99. The Hall–Kier alpha value is -1.63. The number of nitrogens with zero attached hydrogens (tertiary/aromatic N) is 1. The third-order valence-corrected chi connectivity index (χ3v) is 1.99. The highest BCUT2D eigenvalue weighted by Gasteiger charge is 2.02. The van der Waals surface area contributed by atoms with Crippen molar-refractivity contribution in [3.05, 3.63) is 54.1 Å². The van der Waals surface area contributed by atoms with Crippen molar-refractivity contribution in [3.63, 3.8) is 0 Å². The summed E-state index contributed by atoms with van der Waals surface area (Å²) in [6.45, 7) is 4.63. The maximum atomic E-state index is 4.22. The molecule has 1 aromatic carbocycles. The van der Waals surface area contributed by atoms with E-state index in [1.54, 1.807) is 0 Å². The topological polar surface area (TPSA) is 12.4 Å². The second-order valence-corrected chi connectivity index (χ2v) is 3.09. The molecule has 0 bridgehead atoms. The van der Waals surface area contributed by atoms with Gasteiger partial charge >= 0.3 is 0 Å². The Morgan fingerprint density at radius 2 is 1.92 bits per heavy atom. The largest absolute Gasteiger partial charge is 0.288 e. The SMILES string of the molecule is C=C1C=C(c2ccccc2)C=NC1. The van der Waals surface area contributed by atoms with E-state index in [0.717, 1.165) is 17.7 Å². The third kappa shape index (κ3) is 1.75. The molecule has 0 amide bonds. The van der Waals surface area contributed by atoms with Gasteiger partial charge in [-0.15, -0.1) is 0 Å². The molecule has 0 saturated carbocycles. The number of allylic oxidation sites excluding steroid dienone is 1. The van der Waals surface area contributed by atoms with Gasteiger partial charge in [-0.1, -0.05) is 36.9 Å². The fourth-order valence-corrected chi connectivity index (χ4v) is 1.35. The zero-order valence-corrected chi connectivity index (χ0v) is 7.40. The number of aliphatic imine (C=N–C) groups is 1. The zero-order chi connectivity index (χ0) is 9.10. The lowest BCUT2D eigenvalue weighted by atomic mass is 10.0. The van der Waals surface area contributed by atoms with Crippen LogP contribution in [0.25, 0.3) is 5.57 Å². The van der Waals surface area contributed by atoms with E-state index >= 15 is 0 Å². The van der Waals surface area contributed by atoms with Crippen LogP contribution < -0.4 is 0 Å². The van der Waals surface area contributed by atoms with Gasteiger partial charge in [0.15, 0.2) is 0 Å². The zero-order valence-electron chi connectivity index (χ0n) is 7.40. The van der Waals surface area contributed by atoms with Gasteiger partial charge in [-0.25, -0.2) is 0 Å². The maximum Gasteiger partial charge on any atom is 0.0634 e. The first-order valence-corrected chi connectivity index (χ1v) is 4.31. The lowest BCUT2D eigenvalue weighted by molar-refractivity contribution is 1.19. The Bertz CT molecular complexity index is 371. The van der Waals surface area contributed by atoms with Gasteiger partial charge in [0.1, 0.15) is 0 Å². The number of hydrogen-bond donors (Lipinski definition) is 0. The van der Waals surface area contributed by atoms with E-state index in [1.807, 2.05) is 24.4 Å². The van der Waals surface area contributed by atoms with Crippen LogP contribution in [-0.2, 0) is 0 Å². The first kappa shape index (κ1) is 7.99. The van der Waals surface area contributed by atoms with E-state index < -0.39 is 0 Å². The number of hydrogen-bond acceptors (Lipinski definition) is 1. The first-order valence-electron chi connectivity index (χ1n) is 4.31. The number of rotatable bonds is 1. The van der Waals surface area contributed by atoms with Crippen LogP contribution in [0.5, 0.6) is 0 Å². The van der Waals surface area contributed by atoms with Gasteiger partial charge in [-0.05, 0) is 22.8 Å². The van der Waals surface area contributed by atoms with Crippen molar-refractivity contribution in [2.24, 2.45) is 4.99 Å². The second-order valence-electron chi connectivity index (χ2n) is 3.09. The highest BCUT2D eigenvalue weighted by atomic mass is 14.7. The van der Waals surface area contributed by atoms with Crippen molar-refractivity contribution in [1.82, 2.24) is 0 Å². The monoisotopic (exact) mass is 169 g/mol. The van der Waals surface area contributed by atoms with E-state index in [4.69, 9.17) is 0 Å². The fraction of sp³-hybridized carbons (Fsp3) is 0.0833. The molecule has 0 radical (unpaired) electrons. The summed E-state index contributed by atoms with van der Waals surface area (Å²) in [6, 6.07) is 10.2. The minimum absolute atomic E-state index is 0.732. The standard InChI is InChI=1S/C12H11N/c1-10-7-12(9-13-8-10)11-5-3-2-4-6-11/h2-7,9H,1,8H2. The highest BCUT2D eigenvalue weighted by Crippen LogP contribution is 2.16. The van der Waals surface area contributed by atoms with Crippen molar-refractivity contribution in [2.75, 3.05) is 6.54 Å². The Kier molecular flexibility index (Phi) is 2.09. The summed E-state index contributed by atoms with van der Waals surface area (Å²) in [5, 5.41) is 0. The van der Waals surface area contributed by atoms with Gasteiger partial charge in [-0.3, -0.25) is 4.99 Å². The van der Waals surface area contributed by atoms with Crippen LogP contribution in [-0.4, -0.2) is 12.8 Å². The summed E-state index contributed by atoms with van der Waals surface area (Å²) in [5.41, 5.74) is 3.42. The predicted octanol–water partition coefficient (Wildman–Crippen LogP) is 2.71. The molecule has 1 heterocycles. The lowest BCUT2D eigenvalue weighted by Gasteiger charge is -2.07. The summed E-state index contributed by atoms with van der Waals surface area (Å²) in [6.07, 6.45) is 3.99. The van der Waals surface area contributed by atoms with Gasteiger partial charge < -0.3 is 0 Å². The Labute approximate surface area is 78.1 Å². The minimum Gasteiger partial charge on any atom is -0.288 e. The first-order chi connectivity index (χ1) is 6.36.